The van der Waals surface area contributed by atoms with Crippen LogP contribution in [0, 0.1) is 0 Å². The Labute approximate surface area is 204 Å². The summed E-state index contributed by atoms with van der Waals surface area (Å²) < 4.78 is 60.6. The van der Waals surface area contributed by atoms with Crippen LogP contribution < -0.4 is 9.47 Å². The molecule has 0 bridgehead atoms. The number of nitrogens with zero attached hydrogens (tertiary/aromatic N) is 2. The van der Waals surface area contributed by atoms with Crippen molar-refractivity contribution in [2.75, 3.05) is 0 Å². The van der Waals surface area contributed by atoms with Gasteiger partial charge in [-0.05, 0) is 59.7 Å². The van der Waals surface area contributed by atoms with E-state index in [1.54, 1.807) is 35.0 Å². The summed E-state index contributed by atoms with van der Waals surface area (Å²) in [5.74, 6) is 0.0252. The molecule has 0 amide bonds. The number of halogens is 5. The van der Waals surface area contributed by atoms with Crippen LogP contribution >= 0.6 is 11.6 Å². The summed E-state index contributed by atoms with van der Waals surface area (Å²) in [4.78, 5) is 0. The predicted octanol–water partition coefficient (Wildman–Crippen LogP) is 7.76. The van der Waals surface area contributed by atoms with E-state index in [-0.39, 0.29) is 11.5 Å². The SMILES string of the molecule is C=Cc1ccc(Cn2nc(-c3ccc(OC(F)F)cc3)c(Cl)c2-c2ccc(OC(F)F)cc2)cc1. The predicted molar refractivity (Wildman–Crippen MR) is 127 cm³/mol. The van der Waals surface area contributed by atoms with Crippen LogP contribution in [0.3, 0.4) is 0 Å². The van der Waals surface area contributed by atoms with Crippen molar-refractivity contribution in [2.24, 2.45) is 0 Å². The molecule has 0 aliphatic carbocycles. The minimum Gasteiger partial charge on any atom is -0.435 e. The summed E-state index contributed by atoms with van der Waals surface area (Å²) in [5.41, 5.74) is 4.13. The zero-order chi connectivity index (χ0) is 24.9. The Morgan fingerprint density at radius 3 is 1.80 bits per heavy atom. The van der Waals surface area contributed by atoms with Gasteiger partial charge < -0.3 is 9.47 Å². The average molecular weight is 503 g/mol. The summed E-state index contributed by atoms with van der Waals surface area (Å²) in [5, 5.41) is 5.00. The van der Waals surface area contributed by atoms with Crippen molar-refractivity contribution in [3.8, 4) is 34.0 Å². The number of rotatable bonds is 9. The molecule has 0 aliphatic heterocycles. The molecule has 3 aromatic carbocycles. The molecule has 0 saturated carbocycles. The maximum absolute atomic E-state index is 12.5. The second-order valence-corrected chi connectivity index (χ2v) is 7.80. The van der Waals surface area contributed by atoms with E-state index < -0.39 is 13.2 Å². The monoisotopic (exact) mass is 502 g/mol. The number of hydrogen-bond donors (Lipinski definition) is 0. The Morgan fingerprint density at radius 1 is 0.800 bits per heavy atom. The van der Waals surface area contributed by atoms with E-state index in [1.165, 1.54) is 24.3 Å². The maximum atomic E-state index is 12.5. The van der Waals surface area contributed by atoms with Gasteiger partial charge in [0.05, 0.1) is 17.3 Å². The van der Waals surface area contributed by atoms with Crippen molar-refractivity contribution in [2.45, 2.75) is 19.8 Å². The lowest BCUT2D eigenvalue weighted by Crippen LogP contribution is -2.04. The van der Waals surface area contributed by atoms with E-state index in [2.05, 4.69) is 21.2 Å². The van der Waals surface area contributed by atoms with E-state index >= 15 is 0 Å². The lowest BCUT2D eigenvalue weighted by molar-refractivity contribution is -0.0505. The van der Waals surface area contributed by atoms with Crippen molar-refractivity contribution >= 4 is 17.7 Å². The first kappa shape index (κ1) is 24.3. The van der Waals surface area contributed by atoms with Gasteiger partial charge in [-0.15, -0.1) is 0 Å². The zero-order valence-electron chi connectivity index (χ0n) is 18.2. The normalized spacial score (nSPS) is 11.2. The second-order valence-electron chi connectivity index (χ2n) is 7.42. The Hall–Kier alpha value is -3.78. The quantitative estimate of drug-likeness (QED) is 0.219. The molecule has 0 saturated heterocycles. The summed E-state index contributed by atoms with van der Waals surface area (Å²) in [6, 6.07) is 19.8. The van der Waals surface area contributed by atoms with Crippen LogP contribution in [0.15, 0.2) is 79.4 Å². The van der Waals surface area contributed by atoms with Gasteiger partial charge in [-0.2, -0.15) is 22.7 Å². The molecule has 0 fully saturated rings. The first-order chi connectivity index (χ1) is 16.8. The molecule has 0 radical (unpaired) electrons. The van der Waals surface area contributed by atoms with Crippen molar-refractivity contribution in [1.29, 1.82) is 0 Å². The molecule has 9 heteroatoms. The number of ether oxygens (including phenoxy) is 2. The molecule has 0 spiro atoms. The van der Waals surface area contributed by atoms with Gasteiger partial charge in [0.1, 0.15) is 17.2 Å². The van der Waals surface area contributed by atoms with Gasteiger partial charge in [-0.3, -0.25) is 4.68 Å². The molecule has 0 atom stereocenters. The van der Waals surface area contributed by atoms with Gasteiger partial charge in [-0.25, -0.2) is 0 Å². The molecule has 4 rings (SSSR count). The highest BCUT2D eigenvalue weighted by Gasteiger charge is 2.20. The van der Waals surface area contributed by atoms with Gasteiger partial charge in [0.15, 0.2) is 0 Å². The van der Waals surface area contributed by atoms with Gasteiger partial charge in [-0.1, -0.05) is 48.5 Å². The van der Waals surface area contributed by atoms with Gasteiger partial charge >= 0.3 is 13.2 Å². The third kappa shape index (κ3) is 5.84. The van der Waals surface area contributed by atoms with Crippen LogP contribution in [0.4, 0.5) is 17.6 Å². The summed E-state index contributed by atoms with van der Waals surface area (Å²) in [6.45, 7) is -1.74. The Morgan fingerprint density at radius 2 is 1.31 bits per heavy atom. The van der Waals surface area contributed by atoms with Gasteiger partial charge in [0, 0.05) is 11.1 Å². The zero-order valence-corrected chi connectivity index (χ0v) is 18.9. The van der Waals surface area contributed by atoms with Gasteiger partial charge in [0.25, 0.3) is 0 Å². The fourth-order valence-electron chi connectivity index (χ4n) is 3.54. The fraction of sp³-hybridized carbons (Fsp3) is 0.115. The van der Waals surface area contributed by atoms with Gasteiger partial charge in [0.2, 0.25) is 0 Å². The Balaban J connectivity index is 1.74. The number of benzene rings is 3. The molecule has 4 nitrogen and oxygen atoms in total. The van der Waals surface area contributed by atoms with Crippen molar-refractivity contribution in [1.82, 2.24) is 9.78 Å². The smallest absolute Gasteiger partial charge is 0.387 e. The Bertz CT molecular complexity index is 1290. The molecular formula is C26H19ClF4N2O2. The molecule has 0 unspecified atom stereocenters. The van der Waals surface area contributed by atoms with E-state index in [1.807, 2.05) is 24.3 Å². The number of alkyl halides is 4. The fourth-order valence-corrected chi connectivity index (χ4v) is 3.89. The topological polar surface area (TPSA) is 36.3 Å². The number of aromatic nitrogens is 2. The Kier molecular flexibility index (Phi) is 7.41. The minimum atomic E-state index is -2.93. The highest BCUT2D eigenvalue weighted by Crippen LogP contribution is 2.38. The van der Waals surface area contributed by atoms with Crippen LogP contribution in [-0.2, 0) is 6.54 Å². The van der Waals surface area contributed by atoms with E-state index in [9.17, 15) is 17.6 Å². The third-order valence-electron chi connectivity index (χ3n) is 5.15. The lowest BCUT2D eigenvalue weighted by Gasteiger charge is -2.10. The van der Waals surface area contributed by atoms with Crippen LogP contribution in [0.2, 0.25) is 5.02 Å². The summed E-state index contributed by atoms with van der Waals surface area (Å²) in [6.07, 6.45) is 1.74. The van der Waals surface area contributed by atoms with Crippen LogP contribution in [0.1, 0.15) is 11.1 Å². The summed E-state index contributed by atoms with van der Waals surface area (Å²) in [7, 11) is 0. The van der Waals surface area contributed by atoms with E-state index in [0.29, 0.717) is 34.1 Å². The molecule has 35 heavy (non-hydrogen) atoms. The standard InChI is InChI=1S/C26H19ClF4N2O2/c1-2-16-3-5-17(6-4-16)15-33-24(19-9-13-21(14-10-19)35-26(30)31)22(27)23(32-33)18-7-11-20(12-8-18)34-25(28)29/h2-14,25-26H,1,15H2. The second kappa shape index (κ2) is 10.7. The maximum Gasteiger partial charge on any atom is 0.387 e. The minimum absolute atomic E-state index is 0.0106. The largest absolute Gasteiger partial charge is 0.435 e. The molecular weight excluding hydrogens is 484 g/mol. The van der Waals surface area contributed by atoms with Crippen molar-refractivity contribution in [3.63, 3.8) is 0 Å². The molecule has 1 heterocycles. The molecule has 0 N–H and O–H groups in total. The molecule has 1 aromatic heterocycles. The molecule has 180 valence electrons. The first-order valence-electron chi connectivity index (χ1n) is 10.4. The molecule has 4 aromatic rings. The third-order valence-corrected chi connectivity index (χ3v) is 5.51. The van der Waals surface area contributed by atoms with Crippen LogP contribution in [0.5, 0.6) is 11.5 Å². The highest BCUT2D eigenvalue weighted by atomic mass is 35.5. The van der Waals surface area contributed by atoms with Crippen molar-refractivity contribution in [3.05, 3.63) is 95.5 Å². The molecule has 0 aliphatic rings. The van der Waals surface area contributed by atoms with E-state index in [0.717, 1.165) is 11.1 Å². The summed E-state index contributed by atoms with van der Waals surface area (Å²) >= 11 is 6.76. The first-order valence-corrected chi connectivity index (χ1v) is 10.8. The highest BCUT2D eigenvalue weighted by molar-refractivity contribution is 6.35. The van der Waals surface area contributed by atoms with Crippen LogP contribution in [-0.4, -0.2) is 23.0 Å². The van der Waals surface area contributed by atoms with Crippen molar-refractivity contribution < 1.29 is 27.0 Å². The van der Waals surface area contributed by atoms with Crippen LogP contribution in [0.25, 0.3) is 28.6 Å². The lowest BCUT2D eigenvalue weighted by atomic mass is 10.1. The van der Waals surface area contributed by atoms with E-state index in [4.69, 9.17) is 11.6 Å². The average Bonchev–Trinajstić information content (AvgIpc) is 3.15. The number of hydrogen-bond acceptors (Lipinski definition) is 3.